The Hall–Kier alpha value is -2.56. The number of carbonyl (C=O) groups is 1. The Labute approximate surface area is 161 Å². The Kier molecular flexibility index (Phi) is 5.76. The molecule has 4 nitrogen and oxygen atoms in total. The molecule has 0 saturated heterocycles. The van der Waals surface area contributed by atoms with Gasteiger partial charge < -0.3 is 4.74 Å². The second-order valence-electron chi connectivity index (χ2n) is 5.60. The molecule has 0 aliphatic heterocycles. The fourth-order valence-electron chi connectivity index (χ4n) is 2.55. The lowest BCUT2D eigenvalue weighted by Gasteiger charge is -2.09. The summed E-state index contributed by atoms with van der Waals surface area (Å²) in [7, 11) is 1.63. The van der Waals surface area contributed by atoms with Gasteiger partial charge >= 0.3 is 0 Å². The number of aromatic nitrogens is 2. The Morgan fingerprint density at radius 2 is 2.08 bits per heavy atom. The van der Waals surface area contributed by atoms with Crippen LogP contribution in [0.1, 0.15) is 21.5 Å². The number of rotatable bonds is 6. The first-order valence-corrected chi connectivity index (χ1v) is 8.64. The summed E-state index contributed by atoms with van der Waals surface area (Å²) < 4.78 is 7.22. The molecular formula is C20H16Cl2N2O2. The number of carbonyl (C=O) groups excluding carboxylic acids is 1. The molecule has 0 spiro atoms. The largest absolute Gasteiger partial charge is 0.496 e. The highest BCUT2D eigenvalue weighted by Gasteiger charge is 2.09. The number of hydrogen-bond acceptors (Lipinski definition) is 3. The number of nitrogens with zero attached hydrogens (tertiary/aromatic N) is 2. The lowest BCUT2D eigenvalue weighted by molar-refractivity contribution is 0.104. The van der Waals surface area contributed by atoms with E-state index in [2.05, 4.69) is 5.10 Å². The maximum absolute atomic E-state index is 12.4. The summed E-state index contributed by atoms with van der Waals surface area (Å²) in [4.78, 5) is 12.4. The van der Waals surface area contributed by atoms with Gasteiger partial charge in [-0.3, -0.25) is 9.48 Å². The van der Waals surface area contributed by atoms with Crippen LogP contribution in [0.3, 0.4) is 0 Å². The van der Waals surface area contributed by atoms with Crippen LogP contribution in [0.15, 0.2) is 60.9 Å². The number of ether oxygens (including phenoxy) is 1. The Morgan fingerprint density at radius 1 is 1.23 bits per heavy atom. The predicted octanol–water partition coefficient (Wildman–Crippen LogP) is 5.14. The van der Waals surface area contributed by atoms with Crippen molar-refractivity contribution in [3.05, 3.63) is 87.7 Å². The van der Waals surface area contributed by atoms with Crippen molar-refractivity contribution in [1.82, 2.24) is 9.78 Å². The minimum absolute atomic E-state index is 0.184. The fourth-order valence-corrected chi connectivity index (χ4v) is 3.05. The van der Waals surface area contributed by atoms with Gasteiger partial charge in [-0.05, 0) is 48.0 Å². The molecule has 3 aromatic rings. The molecule has 3 rings (SSSR count). The highest BCUT2D eigenvalue weighted by atomic mass is 35.5. The quantitative estimate of drug-likeness (QED) is 0.434. The smallest absolute Gasteiger partial charge is 0.187 e. The third-order valence-electron chi connectivity index (χ3n) is 3.82. The molecule has 1 aromatic heterocycles. The highest BCUT2D eigenvalue weighted by molar-refractivity contribution is 6.37. The van der Waals surface area contributed by atoms with Crippen molar-refractivity contribution in [2.75, 3.05) is 7.11 Å². The van der Waals surface area contributed by atoms with E-state index in [-0.39, 0.29) is 5.78 Å². The van der Waals surface area contributed by atoms with Gasteiger partial charge in [-0.25, -0.2) is 0 Å². The summed E-state index contributed by atoms with van der Waals surface area (Å²) in [6.45, 7) is 0.578. The fraction of sp³-hybridized carbons (Fsp3) is 0.100. The minimum Gasteiger partial charge on any atom is -0.496 e. The molecule has 0 radical (unpaired) electrons. The molecule has 6 heteroatoms. The topological polar surface area (TPSA) is 44.1 Å². The van der Waals surface area contributed by atoms with Gasteiger partial charge in [0.05, 0.1) is 18.7 Å². The molecule has 0 atom stereocenters. The van der Waals surface area contributed by atoms with Crippen LogP contribution in [0, 0.1) is 0 Å². The van der Waals surface area contributed by atoms with Crippen molar-refractivity contribution in [3.8, 4) is 5.75 Å². The first-order valence-electron chi connectivity index (χ1n) is 7.88. The van der Waals surface area contributed by atoms with Crippen molar-refractivity contribution >= 4 is 35.1 Å². The molecule has 26 heavy (non-hydrogen) atoms. The molecule has 0 saturated carbocycles. The molecular weight excluding hydrogens is 371 g/mol. The Morgan fingerprint density at radius 3 is 2.77 bits per heavy atom. The second kappa shape index (κ2) is 8.21. The zero-order chi connectivity index (χ0) is 18.5. The summed E-state index contributed by atoms with van der Waals surface area (Å²) in [6, 6.07) is 12.4. The van der Waals surface area contributed by atoms with Gasteiger partial charge in [0.15, 0.2) is 5.78 Å². The number of methoxy groups -OCH3 is 1. The summed E-state index contributed by atoms with van der Waals surface area (Å²) in [5.74, 6) is 0.584. The minimum atomic E-state index is -0.184. The van der Waals surface area contributed by atoms with E-state index >= 15 is 0 Å². The molecule has 0 N–H and O–H groups in total. The first-order chi connectivity index (χ1) is 12.6. The molecule has 0 bridgehead atoms. The normalized spacial score (nSPS) is 11.0. The van der Waals surface area contributed by atoms with E-state index in [1.54, 1.807) is 37.6 Å². The molecule has 1 heterocycles. The highest BCUT2D eigenvalue weighted by Crippen LogP contribution is 2.23. The van der Waals surface area contributed by atoms with Crippen molar-refractivity contribution in [2.45, 2.75) is 6.54 Å². The van der Waals surface area contributed by atoms with Gasteiger partial charge in [-0.15, -0.1) is 0 Å². The van der Waals surface area contributed by atoms with Crippen LogP contribution in [-0.2, 0) is 6.54 Å². The van der Waals surface area contributed by atoms with Crippen molar-refractivity contribution in [1.29, 1.82) is 0 Å². The lowest BCUT2D eigenvalue weighted by Crippen LogP contribution is -2.02. The zero-order valence-electron chi connectivity index (χ0n) is 14.0. The van der Waals surface area contributed by atoms with Crippen LogP contribution in [-0.4, -0.2) is 22.7 Å². The third kappa shape index (κ3) is 4.34. The van der Waals surface area contributed by atoms with Crippen LogP contribution in [0.4, 0.5) is 0 Å². The standard InChI is InChI=1S/C20H16Cl2N2O2/c1-26-20-8-4-14(11-15(20)13-24-10-2-9-23-24)3-7-19(25)17-6-5-16(21)12-18(17)22/h2-12H,13H2,1H3/b7-3+. The van der Waals surface area contributed by atoms with E-state index in [1.165, 1.54) is 6.08 Å². The Bertz CT molecular complexity index is 950. The van der Waals surface area contributed by atoms with E-state index in [9.17, 15) is 4.79 Å². The Balaban J connectivity index is 1.82. The van der Waals surface area contributed by atoms with Crippen molar-refractivity contribution < 1.29 is 9.53 Å². The monoisotopic (exact) mass is 386 g/mol. The van der Waals surface area contributed by atoms with Crippen molar-refractivity contribution in [2.24, 2.45) is 0 Å². The summed E-state index contributed by atoms with van der Waals surface area (Å²) in [5.41, 5.74) is 2.26. The average molecular weight is 387 g/mol. The maximum Gasteiger partial charge on any atom is 0.187 e. The van der Waals surface area contributed by atoms with Gasteiger partial charge in [0, 0.05) is 28.5 Å². The lowest BCUT2D eigenvalue weighted by atomic mass is 10.1. The van der Waals surface area contributed by atoms with E-state index in [1.807, 2.05) is 35.1 Å². The zero-order valence-corrected chi connectivity index (χ0v) is 15.5. The number of ketones is 1. The summed E-state index contributed by atoms with van der Waals surface area (Å²) in [5, 5.41) is 5.04. The van der Waals surface area contributed by atoms with Gasteiger partial charge in [0.2, 0.25) is 0 Å². The van der Waals surface area contributed by atoms with E-state index in [0.29, 0.717) is 22.2 Å². The molecule has 132 valence electrons. The van der Waals surface area contributed by atoms with E-state index in [0.717, 1.165) is 16.9 Å². The van der Waals surface area contributed by atoms with Crippen LogP contribution in [0.5, 0.6) is 5.75 Å². The average Bonchev–Trinajstić information content (AvgIpc) is 3.13. The van der Waals surface area contributed by atoms with E-state index < -0.39 is 0 Å². The number of benzene rings is 2. The van der Waals surface area contributed by atoms with Crippen LogP contribution in [0.2, 0.25) is 10.0 Å². The van der Waals surface area contributed by atoms with Gasteiger partial charge in [-0.1, -0.05) is 35.3 Å². The molecule has 0 aliphatic carbocycles. The maximum atomic E-state index is 12.4. The van der Waals surface area contributed by atoms with Crippen LogP contribution < -0.4 is 4.74 Å². The number of halogens is 2. The number of hydrogen-bond donors (Lipinski definition) is 0. The van der Waals surface area contributed by atoms with Gasteiger partial charge in [0.25, 0.3) is 0 Å². The molecule has 0 amide bonds. The molecule has 2 aromatic carbocycles. The molecule has 0 aliphatic rings. The van der Waals surface area contributed by atoms with Crippen LogP contribution in [0.25, 0.3) is 6.08 Å². The van der Waals surface area contributed by atoms with Gasteiger partial charge in [0.1, 0.15) is 5.75 Å². The molecule has 0 unspecified atom stereocenters. The summed E-state index contributed by atoms with van der Waals surface area (Å²) in [6.07, 6.45) is 6.85. The van der Waals surface area contributed by atoms with Gasteiger partial charge in [-0.2, -0.15) is 5.10 Å². The second-order valence-corrected chi connectivity index (χ2v) is 6.44. The van der Waals surface area contributed by atoms with Crippen LogP contribution >= 0.6 is 23.2 Å². The number of allylic oxidation sites excluding steroid dienone is 1. The SMILES string of the molecule is COc1ccc(/C=C/C(=O)c2ccc(Cl)cc2Cl)cc1Cn1cccn1. The first kappa shape index (κ1) is 18.2. The summed E-state index contributed by atoms with van der Waals surface area (Å²) >= 11 is 12.0. The predicted molar refractivity (Wildman–Crippen MR) is 104 cm³/mol. The third-order valence-corrected chi connectivity index (χ3v) is 4.37. The molecule has 0 fully saturated rings. The van der Waals surface area contributed by atoms with E-state index in [4.69, 9.17) is 27.9 Å². The van der Waals surface area contributed by atoms with Crippen molar-refractivity contribution in [3.63, 3.8) is 0 Å².